The van der Waals surface area contributed by atoms with E-state index in [0.29, 0.717) is 50.9 Å². The molecule has 1 aromatic carbocycles. The van der Waals surface area contributed by atoms with Gasteiger partial charge in [-0.25, -0.2) is 9.18 Å². The molecule has 0 aromatic heterocycles. The third kappa shape index (κ3) is 5.34. The molecule has 25 heavy (non-hydrogen) atoms. The second-order valence-electron chi connectivity index (χ2n) is 6.58. The fourth-order valence-electron chi connectivity index (χ4n) is 2.86. The number of nitrogens with one attached hydrogen (secondary N) is 2. The van der Waals surface area contributed by atoms with Crippen molar-refractivity contribution in [3.63, 3.8) is 0 Å². The van der Waals surface area contributed by atoms with E-state index >= 15 is 0 Å². The molecule has 0 atom stereocenters. The second kappa shape index (κ2) is 8.18. The molecule has 0 spiro atoms. The van der Waals surface area contributed by atoms with Crippen LogP contribution in [0.3, 0.4) is 0 Å². The minimum Gasteiger partial charge on any atom is -0.492 e. The Morgan fingerprint density at radius 2 is 1.80 bits per heavy atom. The van der Waals surface area contributed by atoms with Gasteiger partial charge < -0.3 is 20.3 Å². The zero-order chi connectivity index (χ0) is 17.6. The number of benzene rings is 1. The number of nitrogens with zero attached hydrogens (tertiary/aromatic N) is 1. The minimum absolute atomic E-state index is 0.00459. The van der Waals surface area contributed by atoms with E-state index in [0.717, 1.165) is 12.8 Å². The van der Waals surface area contributed by atoms with E-state index in [4.69, 9.17) is 4.74 Å². The molecular formula is C18H24FN3O3. The molecule has 1 aromatic rings. The number of hydrogen-bond donors (Lipinski definition) is 2. The summed E-state index contributed by atoms with van der Waals surface area (Å²) in [5.41, 5.74) is 0. The van der Waals surface area contributed by atoms with Gasteiger partial charge in [0, 0.05) is 25.0 Å². The van der Waals surface area contributed by atoms with Crippen molar-refractivity contribution in [1.29, 1.82) is 0 Å². The number of carbonyl (C=O) groups is 2. The van der Waals surface area contributed by atoms with Crippen LogP contribution in [0.4, 0.5) is 9.18 Å². The topological polar surface area (TPSA) is 70.7 Å². The molecule has 1 saturated carbocycles. The van der Waals surface area contributed by atoms with Gasteiger partial charge in [-0.1, -0.05) is 0 Å². The molecule has 0 bridgehead atoms. The lowest BCUT2D eigenvalue weighted by Crippen LogP contribution is -2.47. The number of rotatable bonds is 6. The first-order chi connectivity index (χ1) is 12.1. The van der Waals surface area contributed by atoms with Crippen molar-refractivity contribution < 1.29 is 18.7 Å². The summed E-state index contributed by atoms with van der Waals surface area (Å²) in [4.78, 5) is 25.9. The van der Waals surface area contributed by atoms with Crippen LogP contribution in [0.1, 0.15) is 25.7 Å². The van der Waals surface area contributed by atoms with Crippen molar-refractivity contribution in [2.45, 2.75) is 31.7 Å². The molecule has 1 aliphatic carbocycles. The number of piperidine rings is 1. The zero-order valence-electron chi connectivity index (χ0n) is 14.2. The molecule has 0 unspecified atom stereocenters. The van der Waals surface area contributed by atoms with Crippen LogP contribution in [0.25, 0.3) is 0 Å². The molecule has 1 saturated heterocycles. The summed E-state index contributed by atoms with van der Waals surface area (Å²) in [5, 5.41) is 5.84. The molecule has 7 heteroatoms. The van der Waals surface area contributed by atoms with Crippen molar-refractivity contribution in [3.05, 3.63) is 30.1 Å². The highest BCUT2D eigenvalue weighted by atomic mass is 19.1. The van der Waals surface area contributed by atoms with E-state index in [2.05, 4.69) is 10.6 Å². The lowest BCUT2D eigenvalue weighted by molar-refractivity contribution is -0.126. The standard InChI is InChI=1S/C18H24FN3O3/c19-14-1-5-16(6-2-14)25-12-9-20-17(23)13-7-10-22(11-8-13)18(24)21-15-3-4-15/h1-2,5-6,13,15H,3-4,7-12H2,(H,20,23)(H,21,24). The first kappa shape index (κ1) is 17.5. The van der Waals surface area contributed by atoms with Gasteiger partial charge in [-0.05, 0) is 49.9 Å². The molecule has 1 heterocycles. The lowest BCUT2D eigenvalue weighted by Gasteiger charge is -2.31. The maximum Gasteiger partial charge on any atom is 0.317 e. The summed E-state index contributed by atoms with van der Waals surface area (Å²) in [6.45, 7) is 1.96. The number of hydrogen-bond acceptors (Lipinski definition) is 3. The Morgan fingerprint density at radius 3 is 2.44 bits per heavy atom. The third-order valence-corrected chi connectivity index (χ3v) is 4.54. The Morgan fingerprint density at radius 1 is 1.12 bits per heavy atom. The van der Waals surface area contributed by atoms with Crippen molar-refractivity contribution >= 4 is 11.9 Å². The van der Waals surface area contributed by atoms with Gasteiger partial charge in [-0.2, -0.15) is 0 Å². The molecule has 6 nitrogen and oxygen atoms in total. The summed E-state index contributed by atoms with van der Waals surface area (Å²) in [7, 11) is 0. The highest BCUT2D eigenvalue weighted by molar-refractivity contribution is 5.79. The quantitative estimate of drug-likeness (QED) is 0.771. The minimum atomic E-state index is -0.308. The van der Waals surface area contributed by atoms with Crippen LogP contribution in [-0.4, -0.2) is 49.1 Å². The van der Waals surface area contributed by atoms with Crippen LogP contribution >= 0.6 is 0 Å². The van der Waals surface area contributed by atoms with E-state index in [1.807, 2.05) is 0 Å². The van der Waals surface area contributed by atoms with Gasteiger partial charge in [-0.15, -0.1) is 0 Å². The maximum atomic E-state index is 12.8. The average Bonchev–Trinajstić information content (AvgIpc) is 3.44. The number of amides is 3. The summed E-state index contributed by atoms with van der Waals surface area (Å²) in [5.74, 6) is 0.212. The van der Waals surface area contributed by atoms with Gasteiger partial charge in [0.1, 0.15) is 18.2 Å². The first-order valence-corrected chi connectivity index (χ1v) is 8.83. The summed E-state index contributed by atoms with van der Waals surface area (Å²) < 4.78 is 18.2. The highest BCUT2D eigenvalue weighted by Crippen LogP contribution is 2.21. The van der Waals surface area contributed by atoms with Crippen molar-refractivity contribution in [1.82, 2.24) is 15.5 Å². The molecule has 2 N–H and O–H groups in total. The van der Waals surface area contributed by atoms with E-state index in [9.17, 15) is 14.0 Å². The monoisotopic (exact) mass is 349 g/mol. The van der Waals surface area contributed by atoms with Crippen LogP contribution in [-0.2, 0) is 4.79 Å². The van der Waals surface area contributed by atoms with Crippen LogP contribution in [0, 0.1) is 11.7 Å². The van der Waals surface area contributed by atoms with Crippen molar-refractivity contribution in [3.8, 4) is 5.75 Å². The fourth-order valence-corrected chi connectivity index (χ4v) is 2.86. The largest absolute Gasteiger partial charge is 0.492 e. The summed E-state index contributed by atoms with van der Waals surface area (Å²) >= 11 is 0. The van der Waals surface area contributed by atoms with Gasteiger partial charge in [-0.3, -0.25) is 4.79 Å². The Kier molecular flexibility index (Phi) is 5.73. The molecule has 1 aliphatic heterocycles. The molecule has 3 rings (SSSR count). The van der Waals surface area contributed by atoms with Gasteiger partial charge in [0.15, 0.2) is 0 Å². The molecule has 136 valence electrons. The number of ether oxygens (including phenoxy) is 1. The summed E-state index contributed by atoms with van der Waals surface area (Å²) in [6, 6.07) is 6.13. The normalized spacial score (nSPS) is 17.9. The van der Waals surface area contributed by atoms with Crippen LogP contribution in [0.5, 0.6) is 5.75 Å². The van der Waals surface area contributed by atoms with Gasteiger partial charge >= 0.3 is 6.03 Å². The predicted molar refractivity (Wildman–Crippen MR) is 90.8 cm³/mol. The maximum absolute atomic E-state index is 12.8. The number of urea groups is 1. The lowest BCUT2D eigenvalue weighted by atomic mass is 9.96. The van der Waals surface area contributed by atoms with E-state index in [-0.39, 0.29) is 23.7 Å². The Bertz CT molecular complexity index is 596. The van der Waals surface area contributed by atoms with Gasteiger partial charge in [0.2, 0.25) is 5.91 Å². The van der Waals surface area contributed by atoms with Crippen LogP contribution in [0.2, 0.25) is 0 Å². The van der Waals surface area contributed by atoms with Gasteiger partial charge in [0.05, 0.1) is 6.54 Å². The van der Waals surface area contributed by atoms with Crippen molar-refractivity contribution in [2.75, 3.05) is 26.2 Å². The number of carbonyl (C=O) groups excluding carboxylic acids is 2. The molecule has 2 fully saturated rings. The molecule has 2 aliphatic rings. The smallest absolute Gasteiger partial charge is 0.317 e. The first-order valence-electron chi connectivity index (χ1n) is 8.83. The zero-order valence-corrected chi connectivity index (χ0v) is 14.2. The molecular weight excluding hydrogens is 325 g/mol. The fraction of sp³-hybridized carbons (Fsp3) is 0.556. The SMILES string of the molecule is O=C(NCCOc1ccc(F)cc1)C1CCN(C(=O)NC2CC2)CC1. The predicted octanol–water partition coefficient (Wildman–Crippen LogP) is 1.90. The number of halogens is 1. The van der Waals surface area contributed by atoms with E-state index in [1.54, 1.807) is 17.0 Å². The Hall–Kier alpha value is -2.31. The molecule has 3 amide bonds. The van der Waals surface area contributed by atoms with Crippen molar-refractivity contribution in [2.24, 2.45) is 5.92 Å². The van der Waals surface area contributed by atoms with Crippen LogP contribution < -0.4 is 15.4 Å². The van der Waals surface area contributed by atoms with Crippen LogP contribution in [0.15, 0.2) is 24.3 Å². The van der Waals surface area contributed by atoms with Gasteiger partial charge in [0.25, 0.3) is 0 Å². The Labute approximate surface area is 146 Å². The third-order valence-electron chi connectivity index (χ3n) is 4.54. The second-order valence-corrected chi connectivity index (χ2v) is 6.58. The molecule has 0 radical (unpaired) electrons. The summed E-state index contributed by atoms with van der Waals surface area (Å²) in [6.07, 6.45) is 3.51. The average molecular weight is 349 g/mol. The number of likely N-dealkylation sites (tertiary alicyclic amines) is 1. The van der Waals surface area contributed by atoms with E-state index in [1.165, 1.54) is 12.1 Å². The Balaban J connectivity index is 1.31. The highest BCUT2D eigenvalue weighted by Gasteiger charge is 2.30. The van der Waals surface area contributed by atoms with E-state index < -0.39 is 0 Å².